The standard InChI is InChI=1S/C15H24O3Si/c1-5-13-9-11-14(12-10-13)18-19-15(6-2,16-7-3)17-8-4/h5,9-12H,1,6-8,19H2,2-4H3. The lowest BCUT2D eigenvalue weighted by Gasteiger charge is -2.31. The molecule has 0 heterocycles. The van der Waals surface area contributed by atoms with Crippen molar-refractivity contribution in [2.45, 2.75) is 32.6 Å². The van der Waals surface area contributed by atoms with Crippen LogP contribution in [0.4, 0.5) is 0 Å². The fraction of sp³-hybridized carbons (Fsp3) is 0.467. The van der Waals surface area contributed by atoms with E-state index in [0.717, 1.165) is 17.7 Å². The quantitative estimate of drug-likeness (QED) is 0.514. The first-order valence-electron chi connectivity index (χ1n) is 6.83. The second-order valence-corrected chi connectivity index (χ2v) is 5.85. The predicted molar refractivity (Wildman–Crippen MR) is 82.0 cm³/mol. The third kappa shape index (κ3) is 4.82. The summed E-state index contributed by atoms with van der Waals surface area (Å²) in [6, 6.07) is 7.90. The molecule has 0 amide bonds. The first-order valence-corrected chi connectivity index (χ1v) is 8.11. The van der Waals surface area contributed by atoms with E-state index in [2.05, 4.69) is 13.5 Å². The number of hydrogen-bond acceptors (Lipinski definition) is 3. The lowest BCUT2D eigenvalue weighted by molar-refractivity contribution is -0.181. The Morgan fingerprint density at radius 2 is 1.68 bits per heavy atom. The van der Waals surface area contributed by atoms with Gasteiger partial charge in [0, 0.05) is 13.2 Å². The van der Waals surface area contributed by atoms with E-state index in [1.54, 1.807) is 0 Å². The molecule has 4 heteroatoms. The van der Waals surface area contributed by atoms with Crippen molar-refractivity contribution in [2.24, 2.45) is 0 Å². The van der Waals surface area contributed by atoms with Crippen LogP contribution < -0.4 is 4.43 Å². The average Bonchev–Trinajstić information content (AvgIpc) is 2.46. The van der Waals surface area contributed by atoms with Gasteiger partial charge in [0.2, 0.25) is 0 Å². The summed E-state index contributed by atoms with van der Waals surface area (Å²) >= 11 is 0. The highest BCUT2D eigenvalue weighted by molar-refractivity contribution is 6.32. The average molecular weight is 280 g/mol. The van der Waals surface area contributed by atoms with Crippen molar-refractivity contribution in [3.8, 4) is 5.75 Å². The molecule has 1 aromatic rings. The highest BCUT2D eigenvalue weighted by Crippen LogP contribution is 2.19. The maximum atomic E-state index is 5.92. The summed E-state index contributed by atoms with van der Waals surface area (Å²) in [5.74, 6) is 0.870. The van der Waals surface area contributed by atoms with Crippen LogP contribution in [-0.4, -0.2) is 28.4 Å². The molecular formula is C15H24O3Si. The van der Waals surface area contributed by atoms with Gasteiger partial charge in [-0.25, -0.2) is 0 Å². The van der Waals surface area contributed by atoms with Crippen LogP contribution in [0, 0.1) is 0 Å². The fourth-order valence-electron chi connectivity index (χ4n) is 1.85. The third-order valence-corrected chi connectivity index (χ3v) is 4.75. The van der Waals surface area contributed by atoms with Crippen molar-refractivity contribution >= 4 is 15.8 Å². The van der Waals surface area contributed by atoms with E-state index in [9.17, 15) is 0 Å². The Hall–Kier alpha value is -1.10. The van der Waals surface area contributed by atoms with Gasteiger partial charge >= 0.3 is 0 Å². The number of hydrogen-bond donors (Lipinski definition) is 0. The SMILES string of the molecule is C=Cc1ccc(O[SiH2]C(CC)(OCC)OCC)cc1. The summed E-state index contributed by atoms with van der Waals surface area (Å²) in [5, 5.41) is 0. The van der Waals surface area contributed by atoms with E-state index in [0.29, 0.717) is 13.2 Å². The lowest BCUT2D eigenvalue weighted by atomic mass is 10.2. The summed E-state index contributed by atoms with van der Waals surface area (Å²) < 4.78 is 17.5. The molecule has 3 nitrogen and oxygen atoms in total. The van der Waals surface area contributed by atoms with Crippen LogP contribution in [0.2, 0.25) is 0 Å². The molecule has 0 spiro atoms. The van der Waals surface area contributed by atoms with Crippen molar-refractivity contribution in [1.29, 1.82) is 0 Å². The van der Waals surface area contributed by atoms with Crippen LogP contribution in [0.5, 0.6) is 5.75 Å². The van der Waals surface area contributed by atoms with E-state index >= 15 is 0 Å². The van der Waals surface area contributed by atoms with Crippen molar-refractivity contribution < 1.29 is 13.9 Å². The molecule has 0 atom stereocenters. The van der Waals surface area contributed by atoms with Gasteiger partial charge in [-0.1, -0.05) is 31.7 Å². The van der Waals surface area contributed by atoms with Gasteiger partial charge in [-0.15, -0.1) is 0 Å². The van der Waals surface area contributed by atoms with Gasteiger partial charge in [0.15, 0.2) is 5.41 Å². The van der Waals surface area contributed by atoms with Crippen molar-refractivity contribution in [2.75, 3.05) is 13.2 Å². The van der Waals surface area contributed by atoms with E-state index in [1.165, 1.54) is 0 Å². The summed E-state index contributed by atoms with van der Waals surface area (Å²) in [4.78, 5) is 0. The van der Waals surface area contributed by atoms with Gasteiger partial charge in [0.1, 0.15) is 5.75 Å². The first kappa shape index (κ1) is 16.0. The fourth-order valence-corrected chi connectivity index (χ4v) is 3.21. The van der Waals surface area contributed by atoms with Crippen LogP contribution in [0.3, 0.4) is 0 Å². The molecule has 106 valence electrons. The zero-order chi connectivity index (χ0) is 14.1. The normalized spacial score (nSPS) is 11.9. The molecule has 0 aromatic heterocycles. The highest BCUT2D eigenvalue weighted by atomic mass is 28.2. The Morgan fingerprint density at radius 3 is 2.11 bits per heavy atom. The molecule has 0 bridgehead atoms. The van der Waals surface area contributed by atoms with Gasteiger partial charge in [-0.3, -0.25) is 0 Å². The summed E-state index contributed by atoms with van der Waals surface area (Å²) in [5.41, 5.74) is 0.575. The number of benzene rings is 1. The van der Waals surface area contributed by atoms with Gasteiger partial charge in [-0.05, 0) is 38.0 Å². The predicted octanol–water partition coefficient (Wildman–Crippen LogP) is 2.93. The minimum atomic E-state index is -0.991. The Morgan fingerprint density at radius 1 is 1.11 bits per heavy atom. The van der Waals surface area contributed by atoms with E-state index in [4.69, 9.17) is 13.9 Å². The van der Waals surface area contributed by atoms with E-state index in [-0.39, 0.29) is 0 Å². The molecule has 0 aliphatic rings. The van der Waals surface area contributed by atoms with Gasteiger partial charge < -0.3 is 13.9 Å². The second kappa shape index (κ2) is 8.14. The molecule has 0 aliphatic carbocycles. The summed E-state index contributed by atoms with van der Waals surface area (Å²) in [6.45, 7) is 11.1. The minimum Gasteiger partial charge on any atom is -0.543 e. The van der Waals surface area contributed by atoms with Crippen LogP contribution in [0.15, 0.2) is 30.8 Å². The molecule has 0 saturated heterocycles. The number of ether oxygens (including phenoxy) is 2. The maximum absolute atomic E-state index is 5.92. The lowest BCUT2D eigenvalue weighted by Crippen LogP contribution is -2.44. The van der Waals surface area contributed by atoms with Gasteiger partial charge in [-0.2, -0.15) is 0 Å². The van der Waals surface area contributed by atoms with Gasteiger partial charge in [0.05, 0.1) is 0 Å². The zero-order valence-electron chi connectivity index (χ0n) is 12.1. The van der Waals surface area contributed by atoms with Crippen LogP contribution in [0.25, 0.3) is 6.08 Å². The summed E-state index contributed by atoms with van der Waals surface area (Å²) in [6.07, 6.45) is 2.63. The van der Waals surface area contributed by atoms with Crippen molar-refractivity contribution in [3.05, 3.63) is 36.4 Å². The Bertz CT molecular complexity index is 369. The minimum absolute atomic E-state index is 0.513. The molecule has 1 aromatic carbocycles. The first-order chi connectivity index (χ1) is 9.19. The smallest absolute Gasteiger partial charge is 0.282 e. The largest absolute Gasteiger partial charge is 0.543 e. The third-order valence-electron chi connectivity index (χ3n) is 2.93. The molecule has 0 saturated carbocycles. The molecule has 19 heavy (non-hydrogen) atoms. The monoisotopic (exact) mass is 280 g/mol. The molecule has 1 rings (SSSR count). The molecular weight excluding hydrogens is 256 g/mol. The van der Waals surface area contributed by atoms with E-state index < -0.39 is 15.2 Å². The topological polar surface area (TPSA) is 27.7 Å². The Balaban J connectivity index is 2.65. The summed E-state index contributed by atoms with van der Waals surface area (Å²) in [7, 11) is -0.991. The van der Waals surface area contributed by atoms with Gasteiger partial charge in [0.25, 0.3) is 9.76 Å². The van der Waals surface area contributed by atoms with Crippen LogP contribution in [-0.2, 0) is 9.47 Å². The molecule has 0 radical (unpaired) electrons. The van der Waals surface area contributed by atoms with Crippen LogP contribution >= 0.6 is 0 Å². The molecule has 0 fully saturated rings. The van der Waals surface area contributed by atoms with E-state index in [1.807, 2.05) is 44.2 Å². The van der Waals surface area contributed by atoms with Crippen molar-refractivity contribution in [1.82, 2.24) is 0 Å². The molecule has 0 aliphatic heterocycles. The second-order valence-electron chi connectivity index (χ2n) is 4.19. The number of rotatable bonds is 9. The zero-order valence-corrected chi connectivity index (χ0v) is 13.6. The van der Waals surface area contributed by atoms with Crippen molar-refractivity contribution in [3.63, 3.8) is 0 Å². The molecule has 0 unspecified atom stereocenters. The Kier molecular flexibility index (Phi) is 6.84. The molecule has 0 N–H and O–H groups in total. The highest BCUT2D eigenvalue weighted by Gasteiger charge is 2.31. The Labute approximate surface area is 118 Å². The van der Waals surface area contributed by atoms with Crippen LogP contribution in [0.1, 0.15) is 32.8 Å². The maximum Gasteiger partial charge on any atom is 0.282 e.